The number of nitrogens with zero attached hydrogens (tertiary/aromatic N) is 2. The first kappa shape index (κ1) is 17.4. The molecule has 0 spiro atoms. The zero-order chi connectivity index (χ0) is 14.0. The number of aromatic nitrogens is 2. The summed E-state index contributed by atoms with van der Waals surface area (Å²) in [5.41, 5.74) is 0.497. The Balaban J connectivity index is 0.00000200. The Labute approximate surface area is 146 Å². The molecule has 1 heterocycles. The van der Waals surface area contributed by atoms with Crippen molar-refractivity contribution in [1.29, 1.82) is 0 Å². The van der Waals surface area contributed by atoms with Crippen molar-refractivity contribution < 1.29 is 19.1 Å². The fraction of sp³-hybridized carbons (Fsp3) is 0.182. The fourth-order valence-corrected chi connectivity index (χ4v) is 1.97. The first-order valence-electron chi connectivity index (χ1n) is 5.06. The number of aliphatic carboxylic acids is 1. The van der Waals surface area contributed by atoms with Crippen molar-refractivity contribution in [3.63, 3.8) is 0 Å². The van der Waals surface area contributed by atoms with E-state index in [1.54, 1.807) is 18.2 Å². The standard InChI is InChI=1S/C11H8Cl2N2O4.Na.H/c1-18-8(11(16)17)10-15-14-9(19-10)5-2-6(12)4-7(13)3-5;;/h2-4,8H,1H3,(H,16,17);;. The molecule has 6 nitrogen and oxygen atoms in total. The summed E-state index contributed by atoms with van der Waals surface area (Å²) in [5, 5.41) is 17.1. The second-order valence-electron chi connectivity index (χ2n) is 3.56. The number of halogens is 2. The van der Waals surface area contributed by atoms with Gasteiger partial charge in [-0.3, -0.25) is 0 Å². The van der Waals surface area contributed by atoms with Crippen LogP contribution in [0.1, 0.15) is 12.0 Å². The van der Waals surface area contributed by atoms with Gasteiger partial charge in [0.1, 0.15) is 0 Å². The number of hydrogen-bond acceptors (Lipinski definition) is 5. The molecule has 0 aliphatic carbocycles. The Morgan fingerprint density at radius 2 is 1.90 bits per heavy atom. The third kappa shape index (κ3) is 3.94. The van der Waals surface area contributed by atoms with Gasteiger partial charge in [-0.2, -0.15) is 0 Å². The fourth-order valence-electron chi connectivity index (χ4n) is 1.44. The quantitative estimate of drug-likeness (QED) is 0.866. The monoisotopic (exact) mass is 326 g/mol. The number of benzene rings is 1. The Kier molecular flexibility index (Phi) is 6.44. The van der Waals surface area contributed by atoms with E-state index in [0.717, 1.165) is 0 Å². The van der Waals surface area contributed by atoms with E-state index < -0.39 is 12.1 Å². The van der Waals surface area contributed by atoms with Gasteiger partial charge in [0.25, 0.3) is 5.89 Å². The number of hydrogen-bond donors (Lipinski definition) is 1. The molecule has 2 aromatic rings. The van der Waals surface area contributed by atoms with Crippen LogP contribution in [-0.2, 0) is 9.53 Å². The average molecular weight is 327 g/mol. The maximum absolute atomic E-state index is 10.9. The summed E-state index contributed by atoms with van der Waals surface area (Å²) in [6.07, 6.45) is -1.31. The van der Waals surface area contributed by atoms with Gasteiger partial charge in [0.2, 0.25) is 12.0 Å². The topological polar surface area (TPSA) is 85.5 Å². The van der Waals surface area contributed by atoms with Crippen molar-refractivity contribution in [3.05, 3.63) is 34.1 Å². The van der Waals surface area contributed by atoms with Gasteiger partial charge in [-0.05, 0) is 18.2 Å². The van der Waals surface area contributed by atoms with E-state index >= 15 is 0 Å². The summed E-state index contributed by atoms with van der Waals surface area (Å²) < 4.78 is 10.00. The molecule has 0 bridgehead atoms. The molecule has 0 aliphatic rings. The molecular weight excluding hydrogens is 318 g/mol. The second kappa shape index (κ2) is 7.40. The predicted octanol–water partition coefficient (Wildman–Crippen LogP) is 2.17. The van der Waals surface area contributed by atoms with Gasteiger partial charge in [0, 0.05) is 22.7 Å². The number of rotatable bonds is 4. The third-order valence-corrected chi connectivity index (χ3v) is 2.67. The van der Waals surface area contributed by atoms with Crippen molar-refractivity contribution >= 4 is 58.7 Å². The zero-order valence-electron chi connectivity index (χ0n) is 9.63. The van der Waals surface area contributed by atoms with Crippen LogP contribution in [0.15, 0.2) is 22.6 Å². The van der Waals surface area contributed by atoms with Crippen molar-refractivity contribution in [2.24, 2.45) is 0 Å². The van der Waals surface area contributed by atoms with Crippen molar-refractivity contribution in [2.45, 2.75) is 6.10 Å². The van der Waals surface area contributed by atoms with E-state index in [2.05, 4.69) is 10.2 Å². The van der Waals surface area contributed by atoms with Crippen LogP contribution in [0, 0.1) is 0 Å². The summed E-state index contributed by atoms with van der Waals surface area (Å²) in [6.45, 7) is 0. The Morgan fingerprint density at radius 1 is 1.30 bits per heavy atom. The molecule has 1 unspecified atom stereocenters. The number of carbonyl (C=O) groups is 1. The Bertz CT molecular complexity index is 600. The minimum atomic E-state index is -1.31. The molecule has 0 amide bonds. The van der Waals surface area contributed by atoms with E-state index in [0.29, 0.717) is 15.6 Å². The van der Waals surface area contributed by atoms with Crippen LogP contribution in [0.25, 0.3) is 11.5 Å². The molecular formula is C11H9Cl2N2NaO4. The summed E-state index contributed by atoms with van der Waals surface area (Å²) in [4.78, 5) is 10.9. The first-order valence-corrected chi connectivity index (χ1v) is 5.82. The van der Waals surface area contributed by atoms with Crippen molar-refractivity contribution in [2.75, 3.05) is 7.11 Å². The predicted molar refractivity (Wildman–Crippen MR) is 74.3 cm³/mol. The second-order valence-corrected chi connectivity index (χ2v) is 4.43. The number of methoxy groups -OCH3 is 1. The summed E-state index contributed by atoms with van der Waals surface area (Å²) in [5.74, 6) is -1.26. The van der Waals surface area contributed by atoms with E-state index in [9.17, 15) is 4.79 Å². The molecule has 2 rings (SSSR count). The molecule has 1 aromatic carbocycles. The minimum absolute atomic E-state index is 0. The van der Waals surface area contributed by atoms with Gasteiger partial charge >= 0.3 is 35.5 Å². The number of ether oxygens (including phenoxy) is 1. The summed E-state index contributed by atoms with van der Waals surface area (Å²) >= 11 is 11.7. The van der Waals surface area contributed by atoms with Gasteiger partial charge < -0.3 is 14.3 Å². The third-order valence-electron chi connectivity index (χ3n) is 2.23. The number of carboxylic acid groups (broad SMARTS) is 1. The number of carboxylic acids is 1. The normalized spacial score (nSPS) is 11.8. The van der Waals surface area contributed by atoms with Gasteiger partial charge in [0.15, 0.2) is 0 Å². The van der Waals surface area contributed by atoms with Crippen LogP contribution in [0.5, 0.6) is 0 Å². The van der Waals surface area contributed by atoms with Gasteiger partial charge in [0.05, 0.1) is 0 Å². The van der Waals surface area contributed by atoms with E-state index in [1.807, 2.05) is 0 Å². The SMILES string of the molecule is COC(C(=O)O)c1nnc(-c2cc(Cl)cc(Cl)c2)o1.[NaH]. The van der Waals surface area contributed by atoms with Crippen molar-refractivity contribution in [3.8, 4) is 11.5 Å². The molecule has 0 saturated carbocycles. The Morgan fingerprint density at radius 3 is 2.40 bits per heavy atom. The molecule has 9 heteroatoms. The molecule has 1 atom stereocenters. The molecule has 0 aliphatic heterocycles. The maximum atomic E-state index is 10.9. The Hall–Kier alpha value is -0.630. The van der Waals surface area contributed by atoms with E-state index in [-0.39, 0.29) is 41.3 Å². The van der Waals surface area contributed by atoms with Gasteiger partial charge in [-0.15, -0.1) is 10.2 Å². The molecule has 0 saturated heterocycles. The molecule has 20 heavy (non-hydrogen) atoms. The zero-order valence-corrected chi connectivity index (χ0v) is 11.1. The van der Waals surface area contributed by atoms with Crippen molar-refractivity contribution in [1.82, 2.24) is 10.2 Å². The van der Waals surface area contributed by atoms with Crippen LogP contribution in [-0.4, -0.2) is 57.9 Å². The molecule has 0 radical (unpaired) electrons. The van der Waals surface area contributed by atoms with Gasteiger partial charge in [-0.25, -0.2) is 4.79 Å². The molecule has 1 N–H and O–H groups in total. The molecule has 102 valence electrons. The van der Waals surface area contributed by atoms with Crippen LogP contribution in [0.4, 0.5) is 0 Å². The van der Waals surface area contributed by atoms with Crippen LogP contribution >= 0.6 is 23.2 Å². The molecule has 1 aromatic heterocycles. The van der Waals surface area contributed by atoms with Crippen LogP contribution in [0.3, 0.4) is 0 Å². The van der Waals surface area contributed by atoms with Crippen LogP contribution in [0.2, 0.25) is 10.0 Å². The summed E-state index contributed by atoms with van der Waals surface area (Å²) in [7, 11) is 1.24. The first-order chi connectivity index (χ1) is 9.01. The van der Waals surface area contributed by atoms with Gasteiger partial charge in [-0.1, -0.05) is 23.2 Å². The molecule has 0 fully saturated rings. The van der Waals surface area contributed by atoms with E-state index in [4.69, 9.17) is 37.5 Å². The van der Waals surface area contributed by atoms with Crippen LogP contribution < -0.4 is 0 Å². The average Bonchev–Trinajstić information content (AvgIpc) is 2.77. The van der Waals surface area contributed by atoms with E-state index in [1.165, 1.54) is 7.11 Å². The summed E-state index contributed by atoms with van der Waals surface area (Å²) in [6, 6.07) is 4.71.